The molecule has 16 heavy (non-hydrogen) atoms. The number of aliphatic carboxylic acids is 1. The highest BCUT2D eigenvalue weighted by atomic mass is 16.4. The second kappa shape index (κ2) is 4.22. The quantitative estimate of drug-likeness (QED) is 0.709. The van der Waals surface area contributed by atoms with Gasteiger partial charge in [-0.3, -0.25) is 9.59 Å². The molecule has 0 saturated heterocycles. The maximum Gasteiger partial charge on any atom is 0.305 e. The molecule has 0 unspecified atom stereocenters. The Labute approximate surface area is 92.5 Å². The fourth-order valence-electron chi connectivity index (χ4n) is 1.65. The van der Waals surface area contributed by atoms with Crippen LogP contribution in [-0.4, -0.2) is 23.5 Å². The number of carboxylic acids is 1. The van der Waals surface area contributed by atoms with Crippen LogP contribution in [0.15, 0.2) is 18.2 Å². The summed E-state index contributed by atoms with van der Waals surface area (Å²) in [6.45, 7) is 0.384. The number of carbonyl (C=O) groups excluding carboxylic acids is 1. The molecule has 84 valence electrons. The van der Waals surface area contributed by atoms with Gasteiger partial charge in [-0.2, -0.15) is 0 Å². The van der Waals surface area contributed by atoms with Crippen molar-refractivity contribution in [2.45, 2.75) is 12.8 Å². The molecular formula is C11H12N2O3. The van der Waals surface area contributed by atoms with E-state index < -0.39 is 5.97 Å². The zero-order valence-corrected chi connectivity index (χ0v) is 8.62. The molecule has 0 atom stereocenters. The lowest BCUT2D eigenvalue weighted by Gasteiger charge is -2.06. The van der Waals surface area contributed by atoms with Crippen LogP contribution in [0.4, 0.5) is 11.4 Å². The summed E-state index contributed by atoms with van der Waals surface area (Å²) >= 11 is 0. The van der Waals surface area contributed by atoms with Crippen molar-refractivity contribution in [3.05, 3.63) is 23.8 Å². The van der Waals surface area contributed by atoms with Gasteiger partial charge < -0.3 is 15.7 Å². The Morgan fingerprint density at radius 2 is 2.31 bits per heavy atom. The van der Waals surface area contributed by atoms with Gasteiger partial charge in [0.05, 0.1) is 12.8 Å². The highest BCUT2D eigenvalue weighted by Gasteiger charge is 2.17. The molecule has 0 aromatic heterocycles. The average molecular weight is 220 g/mol. The first-order valence-corrected chi connectivity index (χ1v) is 5.03. The molecule has 1 aromatic rings. The maximum absolute atomic E-state index is 11.1. The third-order valence-corrected chi connectivity index (χ3v) is 2.40. The average Bonchev–Trinajstić information content (AvgIpc) is 2.56. The summed E-state index contributed by atoms with van der Waals surface area (Å²) in [7, 11) is 0. The van der Waals surface area contributed by atoms with Crippen molar-refractivity contribution in [1.82, 2.24) is 0 Å². The van der Waals surface area contributed by atoms with Gasteiger partial charge in [-0.05, 0) is 23.8 Å². The van der Waals surface area contributed by atoms with E-state index in [2.05, 4.69) is 10.6 Å². The molecule has 0 radical (unpaired) electrons. The molecule has 1 aromatic carbocycles. The van der Waals surface area contributed by atoms with E-state index in [1.165, 1.54) is 0 Å². The van der Waals surface area contributed by atoms with E-state index in [-0.39, 0.29) is 12.3 Å². The van der Waals surface area contributed by atoms with Crippen LogP contribution in [0.1, 0.15) is 12.0 Å². The first kappa shape index (κ1) is 10.5. The van der Waals surface area contributed by atoms with Gasteiger partial charge in [0, 0.05) is 17.9 Å². The van der Waals surface area contributed by atoms with E-state index in [1.54, 1.807) is 0 Å². The highest BCUT2D eigenvalue weighted by molar-refractivity contribution is 5.99. The lowest BCUT2D eigenvalue weighted by atomic mass is 10.1. The van der Waals surface area contributed by atoms with Crippen molar-refractivity contribution in [3.8, 4) is 0 Å². The van der Waals surface area contributed by atoms with Gasteiger partial charge in [-0.15, -0.1) is 0 Å². The number of benzene rings is 1. The number of hydrogen-bond donors (Lipinski definition) is 3. The van der Waals surface area contributed by atoms with Gasteiger partial charge >= 0.3 is 5.97 Å². The van der Waals surface area contributed by atoms with Gasteiger partial charge in [0.2, 0.25) is 5.91 Å². The molecule has 1 aliphatic rings. The summed E-state index contributed by atoms with van der Waals surface area (Å²) in [4.78, 5) is 21.4. The summed E-state index contributed by atoms with van der Waals surface area (Å²) in [5, 5.41) is 14.2. The number of carboxylic acid groups (broad SMARTS) is 1. The van der Waals surface area contributed by atoms with Crippen LogP contribution in [0.5, 0.6) is 0 Å². The molecule has 5 nitrogen and oxygen atoms in total. The first-order chi connectivity index (χ1) is 7.65. The number of carbonyl (C=O) groups is 2. The van der Waals surface area contributed by atoms with E-state index in [0.29, 0.717) is 13.0 Å². The topological polar surface area (TPSA) is 78.4 Å². The first-order valence-electron chi connectivity index (χ1n) is 5.03. The minimum Gasteiger partial charge on any atom is -0.481 e. The Morgan fingerprint density at radius 1 is 1.50 bits per heavy atom. The standard InChI is InChI=1S/C11H12N2O3/c14-10-6-7-5-8(1-2-9(7)13-10)12-4-3-11(15)16/h1-2,5,12H,3-4,6H2,(H,13,14)(H,15,16). The zero-order chi connectivity index (χ0) is 11.5. The highest BCUT2D eigenvalue weighted by Crippen LogP contribution is 2.25. The van der Waals surface area contributed by atoms with Crippen molar-refractivity contribution in [1.29, 1.82) is 0 Å². The maximum atomic E-state index is 11.1. The molecule has 1 aliphatic heterocycles. The molecule has 1 heterocycles. The van der Waals surface area contributed by atoms with Crippen molar-refractivity contribution < 1.29 is 14.7 Å². The molecule has 0 bridgehead atoms. The van der Waals surface area contributed by atoms with Gasteiger partial charge in [-0.25, -0.2) is 0 Å². The monoisotopic (exact) mass is 220 g/mol. The lowest BCUT2D eigenvalue weighted by Crippen LogP contribution is -2.07. The molecule has 5 heteroatoms. The normalized spacial score (nSPS) is 13.1. The molecule has 3 N–H and O–H groups in total. The molecule has 0 aliphatic carbocycles. The second-order valence-electron chi connectivity index (χ2n) is 3.67. The van der Waals surface area contributed by atoms with Crippen molar-refractivity contribution in [3.63, 3.8) is 0 Å². The smallest absolute Gasteiger partial charge is 0.305 e. The third kappa shape index (κ3) is 2.31. The van der Waals surface area contributed by atoms with Gasteiger partial charge in [0.15, 0.2) is 0 Å². The van der Waals surface area contributed by atoms with Crippen LogP contribution in [-0.2, 0) is 16.0 Å². The Kier molecular flexibility index (Phi) is 2.76. The van der Waals surface area contributed by atoms with Crippen LogP contribution in [0.2, 0.25) is 0 Å². The zero-order valence-electron chi connectivity index (χ0n) is 8.62. The van der Waals surface area contributed by atoms with Crippen LogP contribution in [0.25, 0.3) is 0 Å². The van der Waals surface area contributed by atoms with Crippen LogP contribution in [0.3, 0.4) is 0 Å². The summed E-state index contributed by atoms with van der Waals surface area (Å²) in [6, 6.07) is 5.52. The lowest BCUT2D eigenvalue weighted by molar-refractivity contribution is -0.136. The van der Waals surface area contributed by atoms with Crippen LogP contribution < -0.4 is 10.6 Å². The number of anilines is 2. The van der Waals surface area contributed by atoms with Crippen LogP contribution in [0, 0.1) is 0 Å². The molecule has 1 amide bonds. The van der Waals surface area contributed by atoms with Gasteiger partial charge in [-0.1, -0.05) is 0 Å². The second-order valence-corrected chi connectivity index (χ2v) is 3.67. The summed E-state index contributed by atoms with van der Waals surface area (Å²) in [5.41, 5.74) is 2.63. The summed E-state index contributed by atoms with van der Waals surface area (Å²) < 4.78 is 0. The summed E-state index contributed by atoms with van der Waals surface area (Å²) in [5.74, 6) is -0.830. The molecule has 2 rings (SSSR count). The molecule has 0 saturated carbocycles. The minimum absolute atomic E-state index is 0.00214. The molecular weight excluding hydrogens is 208 g/mol. The number of hydrogen-bond acceptors (Lipinski definition) is 3. The Balaban J connectivity index is 1.99. The Morgan fingerprint density at radius 3 is 3.06 bits per heavy atom. The van der Waals surface area contributed by atoms with Crippen molar-refractivity contribution in [2.75, 3.05) is 17.2 Å². The van der Waals surface area contributed by atoms with Gasteiger partial charge in [0.1, 0.15) is 0 Å². The predicted octanol–water partition coefficient (Wildman–Crippen LogP) is 1.07. The number of fused-ring (bicyclic) bond motifs is 1. The third-order valence-electron chi connectivity index (χ3n) is 2.40. The number of amides is 1. The largest absolute Gasteiger partial charge is 0.481 e. The van der Waals surface area contributed by atoms with Crippen LogP contribution >= 0.6 is 0 Å². The fourth-order valence-corrected chi connectivity index (χ4v) is 1.65. The summed E-state index contributed by atoms with van der Waals surface area (Å²) in [6.07, 6.45) is 0.470. The van der Waals surface area contributed by atoms with E-state index in [0.717, 1.165) is 16.9 Å². The number of rotatable bonds is 4. The predicted molar refractivity (Wildman–Crippen MR) is 59.5 cm³/mol. The van der Waals surface area contributed by atoms with E-state index in [1.807, 2.05) is 18.2 Å². The SMILES string of the molecule is O=C(O)CCNc1ccc2c(c1)CC(=O)N2. The van der Waals surface area contributed by atoms with E-state index >= 15 is 0 Å². The van der Waals surface area contributed by atoms with Crippen molar-refractivity contribution >= 4 is 23.3 Å². The minimum atomic E-state index is -0.828. The van der Waals surface area contributed by atoms with Gasteiger partial charge in [0.25, 0.3) is 0 Å². The Hall–Kier alpha value is -2.04. The molecule has 0 spiro atoms. The Bertz CT molecular complexity index is 443. The number of nitrogens with one attached hydrogen (secondary N) is 2. The van der Waals surface area contributed by atoms with E-state index in [9.17, 15) is 9.59 Å². The van der Waals surface area contributed by atoms with E-state index in [4.69, 9.17) is 5.11 Å². The molecule has 0 fully saturated rings. The van der Waals surface area contributed by atoms with Crippen molar-refractivity contribution in [2.24, 2.45) is 0 Å². The fraction of sp³-hybridized carbons (Fsp3) is 0.273.